The standard InChI is InChI=1S/C61H104O6/c1-4-7-10-13-16-18-20-22-24-25-26-27-28-29-30-31-32-33-34-35-37-38-40-42-45-48-51-54-60(63)66-57-58(56-65-59(62)53-50-47-44-15-12-9-6-3)67-61(64)55-52-49-46-43-41-39-36-23-21-19-17-14-11-8-5-2/h8,11,17,19-20,22-23,25-26,36,41,43,49,52,58H,4-7,9-10,12-16,18,21,24,27-35,37-40,42,44-48,50-51,53-57H2,1-3H3/b11-8-,19-17-,22-20-,26-25-,36-23-,43-41-,52-49-. The Labute approximate surface area is 414 Å². The minimum atomic E-state index is -0.827. The lowest BCUT2D eigenvalue weighted by Gasteiger charge is -2.18. The number of esters is 3. The van der Waals surface area contributed by atoms with Gasteiger partial charge in [-0.2, -0.15) is 0 Å². The molecule has 0 aromatic carbocycles. The van der Waals surface area contributed by atoms with Gasteiger partial charge in [0.1, 0.15) is 13.2 Å². The molecule has 0 radical (unpaired) electrons. The Morgan fingerprint density at radius 2 is 0.627 bits per heavy atom. The Bertz CT molecular complexity index is 1300. The second-order valence-electron chi connectivity index (χ2n) is 18.5. The molecule has 6 nitrogen and oxygen atoms in total. The number of carbonyl (C=O) groups excluding carboxylic acids is 3. The van der Waals surface area contributed by atoms with Crippen molar-refractivity contribution < 1.29 is 28.6 Å². The number of carbonyl (C=O) groups is 3. The van der Waals surface area contributed by atoms with Gasteiger partial charge in [0.05, 0.1) is 6.42 Å². The summed E-state index contributed by atoms with van der Waals surface area (Å²) in [5, 5.41) is 0. The smallest absolute Gasteiger partial charge is 0.310 e. The average Bonchev–Trinajstić information content (AvgIpc) is 3.33. The van der Waals surface area contributed by atoms with Gasteiger partial charge in [-0.25, -0.2) is 0 Å². The summed E-state index contributed by atoms with van der Waals surface area (Å²) in [4.78, 5) is 37.8. The monoisotopic (exact) mass is 933 g/mol. The molecule has 0 N–H and O–H groups in total. The topological polar surface area (TPSA) is 78.9 Å². The normalized spacial score (nSPS) is 12.7. The highest BCUT2D eigenvalue weighted by Crippen LogP contribution is 2.15. The molecule has 1 unspecified atom stereocenters. The molecule has 0 aliphatic rings. The lowest BCUT2D eigenvalue weighted by atomic mass is 10.0. The third kappa shape index (κ3) is 53.4. The molecule has 0 aromatic rings. The number of allylic oxidation sites excluding steroid dienone is 13. The van der Waals surface area contributed by atoms with E-state index in [-0.39, 0.29) is 31.6 Å². The summed E-state index contributed by atoms with van der Waals surface area (Å²) < 4.78 is 16.6. The van der Waals surface area contributed by atoms with E-state index >= 15 is 0 Å². The zero-order chi connectivity index (χ0) is 48.6. The van der Waals surface area contributed by atoms with Crippen LogP contribution in [0, 0.1) is 0 Å². The Kier molecular flexibility index (Phi) is 52.4. The summed E-state index contributed by atoms with van der Waals surface area (Å²) in [7, 11) is 0. The van der Waals surface area contributed by atoms with Crippen molar-refractivity contribution in [2.75, 3.05) is 13.2 Å². The molecule has 0 fully saturated rings. The zero-order valence-electron chi connectivity index (χ0n) is 43.9. The molecule has 0 saturated heterocycles. The van der Waals surface area contributed by atoms with Crippen LogP contribution in [0.1, 0.15) is 265 Å². The van der Waals surface area contributed by atoms with E-state index in [4.69, 9.17) is 14.2 Å². The van der Waals surface area contributed by atoms with Crippen molar-refractivity contribution in [2.45, 2.75) is 271 Å². The summed E-state index contributed by atoms with van der Waals surface area (Å²) >= 11 is 0. The molecule has 384 valence electrons. The van der Waals surface area contributed by atoms with Gasteiger partial charge >= 0.3 is 17.9 Å². The maximum Gasteiger partial charge on any atom is 0.310 e. The highest BCUT2D eigenvalue weighted by molar-refractivity contribution is 5.72. The van der Waals surface area contributed by atoms with Crippen molar-refractivity contribution in [2.24, 2.45) is 0 Å². The number of rotatable bonds is 50. The molecule has 6 heteroatoms. The van der Waals surface area contributed by atoms with E-state index in [1.165, 1.54) is 148 Å². The summed E-state index contributed by atoms with van der Waals surface area (Å²) in [5.41, 5.74) is 0. The molecule has 0 saturated carbocycles. The second kappa shape index (κ2) is 55.2. The van der Waals surface area contributed by atoms with Crippen LogP contribution in [0.2, 0.25) is 0 Å². The van der Waals surface area contributed by atoms with E-state index in [1.54, 1.807) is 6.08 Å². The summed E-state index contributed by atoms with van der Waals surface area (Å²) in [6, 6.07) is 0. The van der Waals surface area contributed by atoms with Crippen LogP contribution < -0.4 is 0 Å². The third-order valence-electron chi connectivity index (χ3n) is 11.9. The minimum Gasteiger partial charge on any atom is -0.462 e. The SMILES string of the molecule is CC/C=C\C/C=C\C/C=C\C/C=C\C/C=C\CC(=O)OC(COC(=O)CCCCCCCCC)COC(=O)CCCCCCCCCCCCCCCCC/C=C\C/C=C\CCCCCCC. The van der Waals surface area contributed by atoms with Gasteiger partial charge in [0.25, 0.3) is 0 Å². The van der Waals surface area contributed by atoms with Crippen molar-refractivity contribution in [1.82, 2.24) is 0 Å². The predicted molar refractivity (Wildman–Crippen MR) is 288 cm³/mol. The summed E-state index contributed by atoms with van der Waals surface area (Å²) in [5.74, 6) is -1.05. The molecule has 1 atom stereocenters. The van der Waals surface area contributed by atoms with Gasteiger partial charge in [0.15, 0.2) is 6.10 Å². The van der Waals surface area contributed by atoms with E-state index < -0.39 is 12.1 Å². The van der Waals surface area contributed by atoms with Gasteiger partial charge in [0, 0.05) is 12.8 Å². The first-order valence-corrected chi connectivity index (χ1v) is 28.1. The van der Waals surface area contributed by atoms with E-state index in [1.807, 2.05) is 6.08 Å². The number of hydrogen-bond acceptors (Lipinski definition) is 6. The number of unbranched alkanes of at least 4 members (excludes halogenated alkanes) is 26. The molecular formula is C61H104O6. The lowest BCUT2D eigenvalue weighted by molar-refractivity contribution is -0.166. The van der Waals surface area contributed by atoms with Crippen LogP contribution in [0.15, 0.2) is 85.1 Å². The fourth-order valence-electron chi connectivity index (χ4n) is 7.73. The highest BCUT2D eigenvalue weighted by atomic mass is 16.6. The van der Waals surface area contributed by atoms with Gasteiger partial charge in [-0.1, -0.05) is 254 Å². The first kappa shape index (κ1) is 63.6. The first-order chi connectivity index (χ1) is 33.0. The van der Waals surface area contributed by atoms with Crippen LogP contribution in [-0.4, -0.2) is 37.2 Å². The van der Waals surface area contributed by atoms with Gasteiger partial charge in [-0.05, 0) is 77.0 Å². The van der Waals surface area contributed by atoms with Crippen molar-refractivity contribution in [3.8, 4) is 0 Å². The summed E-state index contributed by atoms with van der Waals surface area (Å²) in [6.07, 6.45) is 72.1. The Hall–Kier alpha value is -3.41. The number of hydrogen-bond donors (Lipinski definition) is 0. The quantitative estimate of drug-likeness (QED) is 0.0262. The maximum absolute atomic E-state index is 12.7. The molecule has 0 heterocycles. The average molecular weight is 933 g/mol. The second-order valence-corrected chi connectivity index (χ2v) is 18.5. The van der Waals surface area contributed by atoms with Crippen molar-refractivity contribution in [1.29, 1.82) is 0 Å². The Morgan fingerprint density at radius 3 is 0.985 bits per heavy atom. The predicted octanol–water partition coefficient (Wildman–Crippen LogP) is 18.8. The van der Waals surface area contributed by atoms with Gasteiger partial charge in [-0.15, -0.1) is 0 Å². The highest BCUT2D eigenvalue weighted by Gasteiger charge is 2.19. The molecule has 0 rings (SSSR count). The van der Waals surface area contributed by atoms with Crippen LogP contribution in [0.5, 0.6) is 0 Å². The molecule has 0 spiro atoms. The molecule has 67 heavy (non-hydrogen) atoms. The molecule has 0 aromatic heterocycles. The molecule has 0 aliphatic carbocycles. The molecular weight excluding hydrogens is 829 g/mol. The number of ether oxygens (including phenoxy) is 3. The van der Waals surface area contributed by atoms with E-state index in [9.17, 15) is 14.4 Å². The molecule has 0 amide bonds. The third-order valence-corrected chi connectivity index (χ3v) is 11.9. The van der Waals surface area contributed by atoms with Crippen molar-refractivity contribution >= 4 is 17.9 Å². The largest absolute Gasteiger partial charge is 0.462 e. The van der Waals surface area contributed by atoms with Gasteiger partial charge < -0.3 is 14.2 Å². The summed E-state index contributed by atoms with van der Waals surface area (Å²) in [6.45, 7) is 6.39. The van der Waals surface area contributed by atoms with Crippen molar-refractivity contribution in [3.05, 3.63) is 85.1 Å². The van der Waals surface area contributed by atoms with Crippen LogP contribution in [-0.2, 0) is 28.6 Å². The fraction of sp³-hybridized carbons (Fsp3) is 0.721. The Morgan fingerprint density at radius 1 is 0.328 bits per heavy atom. The fourth-order valence-corrected chi connectivity index (χ4v) is 7.73. The van der Waals surface area contributed by atoms with Gasteiger partial charge in [-0.3, -0.25) is 14.4 Å². The van der Waals surface area contributed by atoms with E-state index in [0.717, 1.165) is 77.0 Å². The van der Waals surface area contributed by atoms with Crippen molar-refractivity contribution in [3.63, 3.8) is 0 Å². The van der Waals surface area contributed by atoms with Crippen LogP contribution in [0.3, 0.4) is 0 Å². The first-order valence-electron chi connectivity index (χ1n) is 28.1. The maximum atomic E-state index is 12.7. The molecule has 0 aliphatic heterocycles. The van der Waals surface area contributed by atoms with Crippen LogP contribution >= 0.6 is 0 Å². The Balaban J connectivity index is 4.18. The van der Waals surface area contributed by atoms with Crippen LogP contribution in [0.4, 0.5) is 0 Å². The lowest BCUT2D eigenvalue weighted by Crippen LogP contribution is -2.30. The van der Waals surface area contributed by atoms with E-state index in [0.29, 0.717) is 12.8 Å². The minimum absolute atomic E-state index is 0.0980. The van der Waals surface area contributed by atoms with E-state index in [2.05, 4.69) is 93.7 Å². The van der Waals surface area contributed by atoms with Crippen LogP contribution in [0.25, 0.3) is 0 Å². The van der Waals surface area contributed by atoms with Gasteiger partial charge in [0.2, 0.25) is 0 Å². The molecule has 0 bridgehead atoms. The zero-order valence-corrected chi connectivity index (χ0v) is 43.9.